The van der Waals surface area contributed by atoms with Gasteiger partial charge in [0.2, 0.25) is 0 Å². The van der Waals surface area contributed by atoms with E-state index in [1.807, 2.05) is 0 Å². The molecule has 60 valence electrons. The molecule has 0 heterocycles. The van der Waals surface area contributed by atoms with Crippen LogP contribution in [0.2, 0.25) is 0 Å². The zero-order chi connectivity index (χ0) is 7.21. The molecule has 0 bridgehead atoms. The highest BCUT2D eigenvalue weighted by Crippen LogP contribution is 2.25. The number of phosphoric acid groups is 1. The lowest BCUT2D eigenvalue weighted by Gasteiger charge is -1.82. The lowest BCUT2D eigenvalue weighted by Crippen LogP contribution is -1.66. The lowest BCUT2D eigenvalue weighted by atomic mass is 10.9. The van der Waals surface area contributed by atoms with Crippen LogP contribution in [0.5, 0.6) is 0 Å². The van der Waals surface area contributed by atoms with E-state index in [1.54, 1.807) is 6.92 Å². The maximum Gasteiger partial charge on any atom is 0.466 e. The predicted octanol–water partition coefficient (Wildman–Crippen LogP) is -0.768. The smallest absolute Gasteiger partial charge is 0.397 e. The van der Waals surface area contributed by atoms with Crippen LogP contribution in [0.4, 0.5) is 0 Å². The van der Waals surface area contributed by atoms with Gasteiger partial charge in [-0.2, -0.15) is 0 Å². The highest BCUT2D eigenvalue weighted by atomic mass is 31.2. The molecule has 0 aliphatic heterocycles. The van der Waals surface area contributed by atoms with Gasteiger partial charge in [-0.05, 0) is 6.92 Å². The van der Waals surface area contributed by atoms with Crippen LogP contribution in [0.3, 0.4) is 0 Å². The highest BCUT2D eigenvalue weighted by Gasteiger charge is 2.00. The second kappa shape index (κ2) is 8.03. The number of aliphatic hydroxyl groups excluding tert-OH is 1. The number of hydrogen-bond acceptors (Lipinski definition) is 3. The summed E-state index contributed by atoms with van der Waals surface area (Å²) >= 11 is 0. The van der Waals surface area contributed by atoms with Gasteiger partial charge in [0.1, 0.15) is 0 Å². The van der Waals surface area contributed by atoms with Crippen molar-refractivity contribution >= 4 is 7.82 Å². The SMILES string of the molecule is CCO.N.O=P(O)(O)O. The summed E-state index contributed by atoms with van der Waals surface area (Å²) in [6.45, 7) is 1.93. The van der Waals surface area contributed by atoms with Gasteiger partial charge in [-0.3, -0.25) is 0 Å². The van der Waals surface area contributed by atoms with Crippen LogP contribution in [-0.2, 0) is 4.57 Å². The first-order valence-corrected chi connectivity index (χ1v) is 3.37. The van der Waals surface area contributed by atoms with E-state index in [-0.39, 0.29) is 12.8 Å². The van der Waals surface area contributed by atoms with E-state index in [0.717, 1.165) is 0 Å². The molecule has 0 aromatic carbocycles. The van der Waals surface area contributed by atoms with E-state index < -0.39 is 7.82 Å². The zero-order valence-corrected chi connectivity index (χ0v) is 5.95. The van der Waals surface area contributed by atoms with Gasteiger partial charge >= 0.3 is 7.82 Å². The normalized spacial score (nSPS) is 8.56. The molecule has 0 aliphatic carbocycles. The topological polar surface area (TPSA) is 133 Å². The van der Waals surface area contributed by atoms with Gasteiger partial charge in [-0.1, -0.05) is 0 Å². The second-order valence-electron chi connectivity index (χ2n) is 0.830. The Labute approximate surface area is 53.0 Å². The Kier molecular flexibility index (Phi) is 14.3. The first kappa shape index (κ1) is 16.0. The summed E-state index contributed by atoms with van der Waals surface area (Å²) < 4.78 is 8.88. The molecule has 0 aromatic rings. The molecule has 0 aliphatic rings. The molecule has 0 unspecified atom stereocenters. The molecule has 0 radical (unpaired) electrons. The number of hydrogen-bond donors (Lipinski definition) is 5. The quantitative estimate of drug-likeness (QED) is 0.296. The van der Waals surface area contributed by atoms with E-state index in [9.17, 15) is 0 Å². The molecule has 7 heteroatoms. The van der Waals surface area contributed by atoms with Crippen LogP contribution in [0.1, 0.15) is 6.92 Å². The van der Waals surface area contributed by atoms with E-state index in [1.165, 1.54) is 0 Å². The van der Waals surface area contributed by atoms with Crippen LogP contribution in [0.25, 0.3) is 0 Å². The third kappa shape index (κ3) is 324000. The van der Waals surface area contributed by atoms with Crippen LogP contribution in [0.15, 0.2) is 0 Å². The van der Waals surface area contributed by atoms with Crippen molar-refractivity contribution in [1.82, 2.24) is 6.15 Å². The molecule has 0 amide bonds. The highest BCUT2D eigenvalue weighted by molar-refractivity contribution is 7.45. The lowest BCUT2D eigenvalue weighted by molar-refractivity contribution is 0.275. The Hall–Kier alpha value is 0.0300. The van der Waals surface area contributed by atoms with E-state index in [2.05, 4.69) is 0 Å². The van der Waals surface area contributed by atoms with Crippen molar-refractivity contribution in [3.05, 3.63) is 0 Å². The van der Waals surface area contributed by atoms with Crippen molar-refractivity contribution in [2.75, 3.05) is 6.61 Å². The fourth-order valence-corrected chi connectivity index (χ4v) is 0. The average molecular weight is 161 g/mol. The Bertz CT molecular complexity index is 70.8. The molecule has 0 rings (SSSR count). The fraction of sp³-hybridized carbons (Fsp3) is 1.00. The van der Waals surface area contributed by atoms with Gasteiger partial charge in [0.15, 0.2) is 0 Å². The van der Waals surface area contributed by atoms with Gasteiger partial charge < -0.3 is 25.9 Å². The minimum absolute atomic E-state index is 0. The minimum Gasteiger partial charge on any atom is -0.397 e. The second-order valence-corrected chi connectivity index (χ2v) is 1.86. The Morgan fingerprint density at radius 2 is 1.33 bits per heavy atom. The summed E-state index contributed by atoms with van der Waals surface area (Å²) in [6.07, 6.45) is 0. The number of rotatable bonds is 0. The Balaban J connectivity index is -0.0000000800. The summed E-state index contributed by atoms with van der Waals surface area (Å²) in [5.74, 6) is 0. The number of aliphatic hydroxyl groups is 1. The summed E-state index contributed by atoms with van der Waals surface area (Å²) in [6, 6.07) is 0. The van der Waals surface area contributed by atoms with Crippen molar-refractivity contribution in [2.45, 2.75) is 6.92 Å². The fourth-order valence-electron chi connectivity index (χ4n) is 0. The van der Waals surface area contributed by atoms with Crippen molar-refractivity contribution in [2.24, 2.45) is 0 Å². The van der Waals surface area contributed by atoms with Gasteiger partial charge in [-0.15, -0.1) is 0 Å². The molecule has 0 saturated carbocycles. The first-order chi connectivity index (χ1) is 3.41. The molecular weight excluding hydrogens is 149 g/mol. The van der Waals surface area contributed by atoms with E-state index >= 15 is 0 Å². The van der Waals surface area contributed by atoms with Crippen LogP contribution in [0, 0.1) is 0 Å². The molecule has 0 spiro atoms. The molecule has 7 N–H and O–H groups in total. The summed E-state index contributed by atoms with van der Waals surface area (Å²) in [7, 11) is -4.64. The van der Waals surface area contributed by atoms with Crippen molar-refractivity contribution in [3.63, 3.8) is 0 Å². The van der Waals surface area contributed by atoms with Gasteiger partial charge in [-0.25, -0.2) is 4.57 Å². The summed E-state index contributed by atoms with van der Waals surface area (Å²) in [5.41, 5.74) is 0. The third-order valence-corrected chi connectivity index (χ3v) is 0. The predicted molar refractivity (Wildman–Crippen MR) is 32.0 cm³/mol. The van der Waals surface area contributed by atoms with Crippen LogP contribution >= 0.6 is 7.82 Å². The monoisotopic (exact) mass is 161 g/mol. The van der Waals surface area contributed by atoms with Crippen molar-refractivity contribution in [3.8, 4) is 0 Å². The van der Waals surface area contributed by atoms with Gasteiger partial charge in [0.25, 0.3) is 0 Å². The van der Waals surface area contributed by atoms with E-state index in [4.69, 9.17) is 24.4 Å². The molecule has 6 nitrogen and oxygen atoms in total. The maximum atomic E-state index is 8.88. The van der Waals surface area contributed by atoms with Crippen LogP contribution in [-0.4, -0.2) is 26.4 Å². The average Bonchev–Trinajstić information content (AvgIpc) is 1.27. The van der Waals surface area contributed by atoms with Crippen LogP contribution < -0.4 is 6.15 Å². The molecule has 0 fully saturated rings. The zero-order valence-electron chi connectivity index (χ0n) is 5.06. The summed E-state index contributed by atoms with van der Waals surface area (Å²) in [4.78, 5) is 21.6. The Morgan fingerprint density at radius 1 is 1.33 bits per heavy atom. The van der Waals surface area contributed by atoms with E-state index in [0.29, 0.717) is 0 Å². The minimum atomic E-state index is -4.64. The molecule has 0 atom stereocenters. The largest absolute Gasteiger partial charge is 0.466 e. The van der Waals surface area contributed by atoms with Gasteiger partial charge in [0.05, 0.1) is 0 Å². The third-order valence-electron chi connectivity index (χ3n) is 0. The Morgan fingerprint density at radius 3 is 1.33 bits per heavy atom. The van der Waals surface area contributed by atoms with Crippen molar-refractivity contribution in [1.29, 1.82) is 0 Å². The molecule has 0 aromatic heterocycles. The van der Waals surface area contributed by atoms with Crippen molar-refractivity contribution < 1.29 is 24.4 Å². The molecule has 9 heavy (non-hydrogen) atoms. The first-order valence-electron chi connectivity index (χ1n) is 1.81. The standard InChI is InChI=1S/C2H6O.H3N.H3O4P/c1-2-3;;1-5(2,3)4/h3H,2H2,1H3;1H3;(H3,1,2,3,4). The maximum absolute atomic E-state index is 8.88. The van der Waals surface area contributed by atoms with Gasteiger partial charge in [0, 0.05) is 6.61 Å². The summed E-state index contributed by atoms with van der Waals surface area (Å²) in [5, 5.41) is 7.57. The molecule has 0 saturated heterocycles. The molecular formula is C2H12NO5P.